The van der Waals surface area contributed by atoms with Crippen LogP contribution in [0.1, 0.15) is 5.71 Å². The van der Waals surface area contributed by atoms with Gasteiger partial charge in [-0.05, 0) is 0 Å². The largest absolute Gasteiger partial charge is 2.00 e. The summed E-state index contributed by atoms with van der Waals surface area (Å²) >= 11 is 0. The molecule has 30 valence electrons. The van der Waals surface area contributed by atoms with E-state index in [1.807, 2.05) is 0 Å². The van der Waals surface area contributed by atoms with Gasteiger partial charge in [-0.15, -0.1) is 0 Å². The molecule has 0 heterocycles. The summed E-state index contributed by atoms with van der Waals surface area (Å²) in [6, 6.07) is 0. The molecule has 0 saturated heterocycles. The number of hydrogen-bond acceptors (Lipinski definition) is 2. The van der Waals surface area contributed by atoms with Gasteiger partial charge >= 0.3 is 46.1 Å². The van der Waals surface area contributed by atoms with E-state index in [1.165, 1.54) is 0 Å². The summed E-state index contributed by atoms with van der Waals surface area (Å²) < 4.78 is 0. The van der Waals surface area contributed by atoms with E-state index < -0.39 is 0 Å². The van der Waals surface area contributed by atoms with Crippen LogP contribution in [0.15, 0.2) is 0 Å². The molecule has 0 aliphatic rings. The summed E-state index contributed by atoms with van der Waals surface area (Å²) in [5, 5.41) is 12.0. The van der Waals surface area contributed by atoms with Gasteiger partial charge in [-0.3, -0.25) is 10.5 Å². The number of hydrogen-bond donors (Lipinski definition) is 2. The van der Waals surface area contributed by atoms with E-state index in [0.717, 1.165) is 0 Å². The second kappa shape index (κ2) is 52.8. The Balaban J connectivity index is -0.000000000238. The van der Waals surface area contributed by atoms with Crippen LogP contribution in [0.25, 0.3) is 0 Å². The molecule has 0 spiro atoms. The first-order chi connectivity index (χ1) is 1.00. The summed E-state index contributed by atoms with van der Waals surface area (Å²) in [6.07, 6.45) is 0. The van der Waals surface area contributed by atoms with Crippen molar-refractivity contribution < 1.29 is 21.7 Å². The third kappa shape index (κ3) is 31.6. The van der Waals surface area contributed by atoms with E-state index in [1.54, 1.807) is 0 Å². The molecule has 0 bridgehead atoms. The van der Waals surface area contributed by atoms with Crippen LogP contribution in [0.5, 0.6) is 0 Å². The minimum absolute atomic E-state index is 0. The predicted octanol–water partition coefficient (Wildman–Crippen LogP) is -1.12. The van der Waals surface area contributed by atoms with Gasteiger partial charge in [0.2, 0.25) is 0 Å². The van der Waals surface area contributed by atoms with Crippen LogP contribution in [0.4, 0.5) is 0 Å². The quantitative estimate of drug-likeness (QED) is 0.232. The summed E-state index contributed by atoms with van der Waals surface area (Å²) in [6.45, 7) is 0. The fourth-order valence-corrected chi connectivity index (χ4v) is 0. The van der Waals surface area contributed by atoms with Crippen molar-refractivity contribution in [1.29, 1.82) is 0 Å². The summed E-state index contributed by atoms with van der Waals surface area (Å²) in [5.41, 5.74) is 0. The van der Waals surface area contributed by atoms with Crippen LogP contribution < -0.4 is 0 Å². The molecule has 4 N–H and O–H groups in total. The molecule has 5 heavy (non-hydrogen) atoms. The second-order valence-electron chi connectivity index (χ2n) is 0. The molecule has 0 rings (SSSR count). The summed E-state index contributed by atoms with van der Waals surface area (Å²) in [5.74, 6) is 0. The predicted molar refractivity (Wildman–Crippen MR) is 24.8 cm³/mol. The van der Waals surface area contributed by atoms with Gasteiger partial charge in [0.1, 0.15) is 0 Å². The van der Waals surface area contributed by atoms with Crippen molar-refractivity contribution in [3.05, 3.63) is 0 Å². The smallest absolute Gasteiger partial charge is 1.00 e. The van der Waals surface area contributed by atoms with E-state index in [4.69, 9.17) is 10.5 Å². The molecule has 0 aromatic rings. The number of rotatable bonds is 0. The molecule has 3 nitrogen and oxygen atoms in total. The first-order valence-corrected chi connectivity index (χ1v) is 0.200. The zero-order valence-corrected chi connectivity index (χ0v) is 5.64. The van der Waals surface area contributed by atoms with Crippen molar-refractivity contribution in [2.45, 2.75) is 0 Å². The van der Waals surface area contributed by atoms with E-state index in [-0.39, 0.29) is 57.3 Å². The van der Waals surface area contributed by atoms with Gasteiger partial charge in [-0.25, -0.2) is 0 Å². The molecule has 5 heteroatoms. The van der Waals surface area contributed by atoms with Crippen molar-refractivity contribution in [2.75, 3.05) is 0 Å². The zero-order valence-electron chi connectivity index (χ0n) is 6.81. The van der Waals surface area contributed by atoms with E-state index in [0.29, 0.717) is 0 Å². The fraction of sp³-hybridized carbons (Fsp3) is 0. The molecular weight excluding hydrogens is 96.6 g/mol. The van der Waals surface area contributed by atoms with Crippen LogP contribution in [0.3, 0.4) is 0 Å². The van der Waals surface area contributed by atoms with Gasteiger partial charge in [0.25, 0.3) is 0 Å². The maximum atomic E-state index is 6.00. The Morgan fingerprint density at radius 3 is 1.00 bits per heavy atom. The molecule has 0 amide bonds. The molecule has 0 aromatic carbocycles. The third-order valence-electron chi connectivity index (χ3n) is 0. The van der Waals surface area contributed by atoms with Gasteiger partial charge in [-0.2, -0.15) is 0 Å². The van der Waals surface area contributed by atoms with Gasteiger partial charge in [0.15, 0.2) is 0 Å². The Labute approximate surface area is 67.9 Å². The van der Waals surface area contributed by atoms with E-state index >= 15 is 0 Å². The van der Waals surface area contributed by atoms with E-state index in [2.05, 4.69) is 0 Å². The topological polar surface area (TPSA) is 72.0 Å². The second-order valence-corrected chi connectivity index (χ2v) is 0. The van der Waals surface area contributed by atoms with E-state index in [9.17, 15) is 0 Å². The van der Waals surface area contributed by atoms with Crippen molar-refractivity contribution in [3.63, 3.8) is 0 Å². The molecule has 0 fully saturated rings. The summed E-state index contributed by atoms with van der Waals surface area (Å²) in [7, 11) is 0. The Morgan fingerprint density at radius 1 is 1.00 bits per heavy atom. The molecule has 0 radical (unpaired) electrons. The Kier molecular flexibility index (Phi) is 341. The average molecular weight is 105 g/mol. The van der Waals surface area contributed by atoms with Crippen LogP contribution in [-0.4, -0.2) is 62.1 Å². The van der Waals surface area contributed by atoms with Crippen LogP contribution in [0, 0.1) is 0 Å². The summed E-state index contributed by atoms with van der Waals surface area (Å²) in [4.78, 5) is 0. The minimum Gasteiger partial charge on any atom is -1.00 e. The first-order valence-electron chi connectivity index (χ1n) is 0.200. The van der Waals surface area contributed by atoms with Crippen LogP contribution in [0.2, 0.25) is 0 Å². The zero-order chi connectivity index (χ0) is 2.00. The molecule has 0 aromatic heterocycles. The SMILES string of the molecule is O.OO.[H-].[H-].[H-].[H-].[Mg+2].[Mg+2]. The maximum Gasteiger partial charge on any atom is 2.00 e. The molecule has 0 aliphatic heterocycles. The Hall–Kier alpha value is 1.41. The van der Waals surface area contributed by atoms with Gasteiger partial charge in [0, 0.05) is 0 Å². The molecule has 0 unspecified atom stereocenters. The van der Waals surface area contributed by atoms with Crippen molar-refractivity contribution in [2.24, 2.45) is 0 Å². The van der Waals surface area contributed by atoms with Crippen molar-refractivity contribution in [3.8, 4) is 0 Å². The monoisotopic (exact) mass is 104 g/mol. The van der Waals surface area contributed by atoms with Crippen LogP contribution in [-0.2, 0) is 0 Å². The molecule has 0 atom stereocenters. The minimum atomic E-state index is 0. The third-order valence-corrected chi connectivity index (χ3v) is 0. The Morgan fingerprint density at radius 2 is 1.00 bits per heavy atom. The molecule has 0 aliphatic carbocycles. The van der Waals surface area contributed by atoms with Gasteiger partial charge in [0.05, 0.1) is 0 Å². The van der Waals surface area contributed by atoms with Crippen LogP contribution >= 0.6 is 0 Å². The van der Waals surface area contributed by atoms with Crippen molar-refractivity contribution in [1.82, 2.24) is 0 Å². The normalized spacial score (nSPS) is 1.20. The maximum absolute atomic E-state index is 6.00. The molecule has 0 saturated carbocycles. The van der Waals surface area contributed by atoms with Gasteiger partial charge in [-0.1, -0.05) is 0 Å². The van der Waals surface area contributed by atoms with Gasteiger partial charge < -0.3 is 11.2 Å². The average Bonchev–Trinajstić information content (AvgIpc) is 1.00. The fourth-order valence-electron chi connectivity index (χ4n) is 0. The first kappa shape index (κ1) is 32.3. The Bertz CT molecular complexity index is 13.8. The standard InChI is InChI=1S/2Mg.H2O2.H2O.4H/c;;1-2;;;;;/h;;1-2H;1H2;;;;/q2*+2;;;4*-1. The molecular formula is H8Mg2O3. The van der Waals surface area contributed by atoms with Crippen molar-refractivity contribution >= 4 is 46.1 Å².